The molecular weight excluding hydrogens is 284 g/mol. The summed E-state index contributed by atoms with van der Waals surface area (Å²) < 4.78 is 5.45. The monoisotopic (exact) mass is 302 g/mol. The summed E-state index contributed by atoms with van der Waals surface area (Å²) in [5.41, 5.74) is 3.67. The number of ether oxygens (including phenoxy) is 1. The highest BCUT2D eigenvalue weighted by molar-refractivity contribution is 7.07. The summed E-state index contributed by atoms with van der Waals surface area (Å²) in [4.78, 5) is 19.9. The number of esters is 1. The van der Waals surface area contributed by atoms with Crippen LogP contribution in [0.3, 0.4) is 0 Å². The molecule has 5 heteroatoms. The smallest absolute Gasteiger partial charge is 0.331 e. The third kappa shape index (κ3) is 5.47. The standard InChI is InChI=1S/C16H18N2O2S/c1-2-15(7-5-13-4-3-9-17-10-13)20-16(19)8-6-14-11-21-12-18-14/h3-4,6,8-12,15H,2,5,7H2,1H3/b8-6+. The maximum Gasteiger partial charge on any atom is 0.331 e. The van der Waals surface area contributed by atoms with E-state index in [9.17, 15) is 4.79 Å². The number of aromatic nitrogens is 2. The molecule has 0 fully saturated rings. The van der Waals surface area contributed by atoms with E-state index >= 15 is 0 Å². The molecule has 2 aromatic heterocycles. The molecule has 0 N–H and O–H groups in total. The number of rotatable bonds is 7. The average Bonchev–Trinajstić information content (AvgIpc) is 3.04. The average molecular weight is 302 g/mol. The summed E-state index contributed by atoms with van der Waals surface area (Å²) in [5.74, 6) is -0.318. The molecule has 1 unspecified atom stereocenters. The molecule has 0 aliphatic carbocycles. The van der Waals surface area contributed by atoms with Gasteiger partial charge in [-0.3, -0.25) is 4.98 Å². The lowest BCUT2D eigenvalue weighted by Gasteiger charge is -2.14. The van der Waals surface area contributed by atoms with Gasteiger partial charge < -0.3 is 4.74 Å². The third-order valence-electron chi connectivity index (χ3n) is 3.06. The molecule has 110 valence electrons. The highest BCUT2D eigenvalue weighted by Gasteiger charge is 2.11. The Kier molecular flexibility index (Phi) is 6.09. The van der Waals surface area contributed by atoms with E-state index in [2.05, 4.69) is 9.97 Å². The predicted molar refractivity (Wildman–Crippen MR) is 83.9 cm³/mol. The van der Waals surface area contributed by atoms with Crippen molar-refractivity contribution in [3.05, 3.63) is 52.8 Å². The molecule has 0 bridgehead atoms. The second kappa shape index (κ2) is 8.32. The van der Waals surface area contributed by atoms with Crippen LogP contribution in [0, 0.1) is 0 Å². The molecule has 0 aliphatic heterocycles. The summed E-state index contributed by atoms with van der Waals surface area (Å²) in [6.07, 6.45) is 9.09. The van der Waals surface area contributed by atoms with Crippen LogP contribution >= 0.6 is 11.3 Å². The summed E-state index contributed by atoms with van der Waals surface area (Å²) in [5, 5.41) is 1.88. The van der Waals surface area contributed by atoms with Crippen molar-refractivity contribution in [2.45, 2.75) is 32.3 Å². The van der Waals surface area contributed by atoms with E-state index in [4.69, 9.17) is 4.74 Å². The fraction of sp³-hybridized carbons (Fsp3) is 0.312. The van der Waals surface area contributed by atoms with Crippen LogP contribution < -0.4 is 0 Å². The normalized spacial score (nSPS) is 12.4. The van der Waals surface area contributed by atoms with Crippen LogP contribution in [0.5, 0.6) is 0 Å². The number of hydrogen-bond acceptors (Lipinski definition) is 5. The van der Waals surface area contributed by atoms with Gasteiger partial charge in [0.15, 0.2) is 0 Å². The molecule has 2 heterocycles. The minimum Gasteiger partial charge on any atom is -0.459 e. The summed E-state index contributed by atoms with van der Waals surface area (Å²) in [6, 6.07) is 3.95. The van der Waals surface area contributed by atoms with Crippen molar-refractivity contribution in [1.29, 1.82) is 0 Å². The number of thiazole rings is 1. The zero-order valence-electron chi connectivity index (χ0n) is 11.9. The topological polar surface area (TPSA) is 52.1 Å². The molecule has 0 saturated carbocycles. The zero-order chi connectivity index (χ0) is 14.9. The Bertz CT molecular complexity index is 567. The lowest BCUT2D eigenvalue weighted by atomic mass is 10.1. The summed E-state index contributed by atoms with van der Waals surface area (Å²) in [7, 11) is 0. The number of aryl methyl sites for hydroxylation is 1. The van der Waals surface area contributed by atoms with Crippen LogP contribution in [-0.4, -0.2) is 22.0 Å². The van der Waals surface area contributed by atoms with Crippen LogP contribution in [0.2, 0.25) is 0 Å². The first-order chi connectivity index (χ1) is 10.3. The van der Waals surface area contributed by atoms with E-state index in [0.717, 1.165) is 30.5 Å². The maximum absolute atomic E-state index is 11.8. The van der Waals surface area contributed by atoms with Crippen molar-refractivity contribution in [2.75, 3.05) is 0 Å². The van der Waals surface area contributed by atoms with Gasteiger partial charge in [0.05, 0.1) is 11.2 Å². The molecule has 0 aromatic carbocycles. The molecule has 2 rings (SSSR count). The fourth-order valence-corrected chi connectivity index (χ4v) is 2.40. The third-order valence-corrected chi connectivity index (χ3v) is 3.66. The zero-order valence-corrected chi connectivity index (χ0v) is 12.8. The predicted octanol–water partition coefficient (Wildman–Crippen LogP) is 3.51. The van der Waals surface area contributed by atoms with E-state index < -0.39 is 0 Å². The first kappa shape index (κ1) is 15.4. The van der Waals surface area contributed by atoms with E-state index in [-0.39, 0.29) is 12.1 Å². The molecule has 2 aromatic rings. The van der Waals surface area contributed by atoms with Crippen LogP contribution in [0.4, 0.5) is 0 Å². The molecule has 1 atom stereocenters. The Morgan fingerprint density at radius 1 is 1.52 bits per heavy atom. The Morgan fingerprint density at radius 3 is 3.10 bits per heavy atom. The van der Waals surface area contributed by atoms with Crippen LogP contribution in [0.15, 0.2) is 41.5 Å². The number of pyridine rings is 1. The van der Waals surface area contributed by atoms with Crippen LogP contribution in [-0.2, 0) is 16.0 Å². The highest BCUT2D eigenvalue weighted by Crippen LogP contribution is 2.10. The van der Waals surface area contributed by atoms with Crippen LogP contribution in [0.1, 0.15) is 31.0 Å². The summed E-state index contributed by atoms with van der Waals surface area (Å²) >= 11 is 1.50. The van der Waals surface area contributed by atoms with Gasteiger partial charge >= 0.3 is 5.97 Å². The van der Waals surface area contributed by atoms with Gasteiger partial charge in [0.1, 0.15) is 6.10 Å². The van der Waals surface area contributed by atoms with Gasteiger partial charge in [-0.05, 0) is 37.0 Å². The second-order valence-electron chi connectivity index (χ2n) is 4.61. The number of carbonyl (C=O) groups is 1. The molecule has 0 amide bonds. The maximum atomic E-state index is 11.8. The number of nitrogens with zero attached hydrogens (tertiary/aromatic N) is 2. The lowest BCUT2D eigenvalue weighted by molar-refractivity contribution is -0.143. The second-order valence-corrected chi connectivity index (χ2v) is 5.33. The highest BCUT2D eigenvalue weighted by atomic mass is 32.1. The summed E-state index contributed by atoms with van der Waals surface area (Å²) in [6.45, 7) is 2.02. The molecular formula is C16H18N2O2S. The van der Waals surface area contributed by atoms with E-state index in [1.54, 1.807) is 17.8 Å². The SMILES string of the molecule is CCC(CCc1cccnc1)OC(=O)/C=C/c1cscn1. The van der Waals surface area contributed by atoms with Crippen molar-refractivity contribution >= 4 is 23.4 Å². The van der Waals surface area contributed by atoms with Gasteiger partial charge in [0, 0.05) is 23.8 Å². The van der Waals surface area contributed by atoms with Crippen molar-refractivity contribution in [1.82, 2.24) is 9.97 Å². The minimum atomic E-state index is -0.318. The van der Waals surface area contributed by atoms with E-state index in [1.807, 2.05) is 30.6 Å². The van der Waals surface area contributed by atoms with Gasteiger partial charge in [-0.25, -0.2) is 9.78 Å². The van der Waals surface area contributed by atoms with Crippen molar-refractivity contribution < 1.29 is 9.53 Å². The van der Waals surface area contributed by atoms with Gasteiger partial charge in [0.25, 0.3) is 0 Å². The van der Waals surface area contributed by atoms with E-state index in [0.29, 0.717) is 0 Å². The lowest BCUT2D eigenvalue weighted by Crippen LogP contribution is -2.16. The van der Waals surface area contributed by atoms with Gasteiger partial charge in [-0.2, -0.15) is 0 Å². The Balaban J connectivity index is 1.80. The van der Waals surface area contributed by atoms with Gasteiger partial charge in [-0.1, -0.05) is 13.0 Å². The molecule has 0 spiro atoms. The molecule has 0 radical (unpaired) electrons. The van der Waals surface area contributed by atoms with Crippen molar-refractivity contribution in [2.24, 2.45) is 0 Å². The molecule has 4 nitrogen and oxygen atoms in total. The molecule has 0 aliphatic rings. The quantitative estimate of drug-likeness (QED) is 0.580. The molecule has 0 saturated heterocycles. The fourth-order valence-electron chi connectivity index (χ4n) is 1.88. The first-order valence-electron chi connectivity index (χ1n) is 6.93. The molecule has 21 heavy (non-hydrogen) atoms. The van der Waals surface area contributed by atoms with E-state index in [1.165, 1.54) is 17.4 Å². The number of carbonyl (C=O) groups excluding carboxylic acids is 1. The van der Waals surface area contributed by atoms with Gasteiger partial charge in [0.2, 0.25) is 0 Å². The largest absolute Gasteiger partial charge is 0.459 e. The Hall–Kier alpha value is -2.01. The Morgan fingerprint density at radius 2 is 2.43 bits per heavy atom. The van der Waals surface area contributed by atoms with Crippen molar-refractivity contribution in [3.63, 3.8) is 0 Å². The minimum absolute atomic E-state index is 0.0715. The number of hydrogen-bond donors (Lipinski definition) is 0. The van der Waals surface area contributed by atoms with Gasteiger partial charge in [-0.15, -0.1) is 11.3 Å². The first-order valence-corrected chi connectivity index (χ1v) is 7.88. The van der Waals surface area contributed by atoms with Crippen molar-refractivity contribution in [3.8, 4) is 0 Å². The van der Waals surface area contributed by atoms with Crippen LogP contribution in [0.25, 0.3) is 6.08 Å². The Labute approximate surface area is 128 Å².